The van der Waals surface area contributed by atoms with Crippen molar-refractivity contribution in [2.24, 2.45) is 11.5 Å². The monoisotopic (exact) mass is 175 g/mol. The van der Waals surface area contributed by atoms with Crippen LogP contribution in [-0.4, -0.2) is 31.2 Å². The van der Waals surface area contributed by atoms with Crippen molar-refractivity contribution in [2.75, 3.05) is 13.2 Å². The van der Waals surface area contributed by atoms with Crippen LogP contribution in [0.1, 0.15) is 6.92 Å². The molecule has 0 radical (unpaired) electrons. The number of ether oxygens (including phenoxy) is 1. The smallest absolute Gasteiger partial charge is 0.404 e. The van der Waals surface area contributed by atoms with Crippen molar-refractivity contribution in [2.45, 2.75) is 13.0 Å². The average molecular weight is 175 g/mol. The van der Waals surface area contributed by atoms with Crippen molar-refractivity contribution in [3.8, 4) is 0 Å². The molecule has 0 rings (SSSR count). The van der Waals surface area contributed by atoms with E-state index in [1.807, 2.05) is 0 Å². The molecule has 0 aromatic carbocycles. The molecule has 70 valence electrons. The molecule has 12 heavy (non-hydrogen) atoms. The summed E-state index contributed by atoms with van der Waals surface area (Å²) in [5, 5.41) is 2.44. The molecule has 0 aliphatic rings. The van der Waals surface area contributed by atoms with Gasteiger partial charge in [0, 0.05) is 0 Å². The maximum Gasteiger partial charge on any atom is 0.404 e. The predicted molar refractivity (Wildman–Crippen MR) is 42.2 cm³/mol. The van der Waals surface area contributed by atoms with Gasteiger partial charge in [-0.15, -0.1) is 0 Å². The van der Waals surface area contributed by atoms with Crippen LogP contribution in [0.15, 0.2) is 0 Å². The SMILES string of the molecule is CC(N)C(=O)NCCOC(N)=O. The molecular weight excluding hydrogens is 162 g/mol. The van der Waals surface area contributed by atoms with Gasteiger partial charge in [0.1, 0.15) is 6.61 Å². The second kappa shape index (κ2) is 5.36. The summed E-state index contributed by atoms with van der Waals surface area (Å²) in [4.78, 5) is 20.8. The lowest BCUT2D eigenvalue weighted by molar-refractivity contribution is -0.122. The lowest BCUT2D eigenvalue weighted by Crippen LogP contribution is -2.40. The first-order valence-corrected chi connectivity index (χ1v) is 3.49. The summed E-state index contributed by atoms with van der Waals surface area (Å²) in [7, 11) is 0. The molecule has 1 unspecified atom stereocenters. The van der Waals surface area contributed by atoms with Crippen molar-refractivity contribution >= 4 is 12.0 Å². The minimum absolute atomic E-state index is 0.0633. The van der Waals surface area contributed by atoms with Gasteiger partial charge < -0.3 is 21.5 Å². The Kier molecular flexibility index (Phi) is 4.78. The van der Waals surface area contributed by atoms with E-state index in [4.69, 9.17) is 5.73 Å². The van der Waals surface area contributed by atoms with Gasteiger partial charge in [0.2, 0.25) is 5.91 Å². The van der Waals surface area contributed by atoms with Crippen LogP contribution < -0.4 is 16.8 Å². The van der Waals surface area contributed by atoms with Crippen molar-refractivity contribution in [1.82, 2.24) is 5.32 Å². The molecule has 0 aromatic heterocycles. The molecule has 0 aliphatic carbocycles. The Morgan fingerprint density at radius 3 is 2.58 bits per heavy atom. The van der Waals surface area contributed by atoms with Crippen LogP contribution >= 0.6 is 0 Å². The zero-order valence-electron chi connectivity index (χ0n) is 6.87. The molecule has 6 heteroatoms. The third-order valence-corrected chi connectivity index (χ3v) is 1.06. The van der Waals surface area contributed by atoms with E-state index in [0.717, 1.165) is 0 Å². The molecule has 6 nitrogen and oxygen atoms in total. The largest absolute Gasteiger partial charge is 0.448 e. The average Bonchev–Trinajstić information content (AvgIpc) is 1.97. The van der Waals surface area contributed by atoms with Crippen molar-refractivity contribution in [1.29, 1.82) is 0 Å². The summed E-state index contributed by atoms with van der Waals surface area (Å²) in [6.07, 6.45) is -0.856. The molecule has 2 amide bonds. The summed E-state index contributed by atoms with van der Waals surface area (Å²) in [6, 6.07) is -0.557. The van der Waals surface area contributed by atoms with E-state index in [1.54, 1.807) is 6.92 Å². The highest BCUT2D eigenvalue weighted by molar-refractivity contribution is 5.80. The fraction of sp³-hybridized carbons (Fsp3) is 0.667. The Bertz CT molecular complexity index is 169. The van der Waals surface area contributed by atoms with Crippen molar-refractivity contribution in [3.63, 3.8) is 0 Å². The summed E-state index contributed by atoms with van der Waals surface area (Å²) in [5.74, 6) is -0.289. The number of hydrogen-bond donors (Lipinski definition) is 3. The van der Waals surface area contributed by atoms with E-state index >= 15 is 0 Å². The zero-order valence-corrected chi connectivity index (χ0v) is 6.87. The van der Waals surface area contributed by atoms with Gasteiger partial charge in [-0.2, -0.15) is 0 Å². The van der Waals surface area contributed by atoms with Crippen LogP contribution in [0.2, 0.25) is 0 Å². The fourth-order valence-electron chi connectivity index (χ4n) is 0.487. The Labute approximate surface area is 70.2 Å². The third kappa shape index (κ3) is 5.48. The molecule has 0 aliphatic heterocycles. The molecule has 0 spiro atoms. The van der Waals surface area contributed by atoms with Gasteiger partial charge in [-0.25, -0.2) is 4.79 Å². The van der Waals surface area contributed by atoms with Gasteiger partial charge in [0.15, 0.2) is 0 Å². The molecule has 5 N–H and O–H groups in total. The quantitative estimate of drug-likeness (QED) is 0.454. The number of amides is 2. The molecule has 0 bridgehead atoms. The normalized spacial score (nSPS) is 11.8. The number of carbonyl (C=O) groups excluding carboxylic acids is 2. The molecule has 0 heterocycles. The van der Waals surface area contributed by atoms with Gasteiger partial charge in [0.05, 0.1) is 12.6 Å². The van der Waals surface area contributed by atoms with E-state index in [9.17, 15) is 9.59 Å². The zero-order chi connectivity index (χ0) is 9.56. The molecule has 1 atom stereocenters. The number of nitrogens with two attached hydrogens (primary N) is 2. The van der Waals surface area contributed by atoms with Crippen molar-refractivity contribution in [3.05, 3.63) is 0 Å². The Morgan fingerprint density at radius 2 is 2.17 bits per heavy atom. The van der Waals surface area contributed by atoms with Gasteiger partial charge in [0.25, 0.3) is 0 Å². The first-order valence-electron chi connectivity index (χ1n) is 3.49. The molecule has 0 saturated carbocycles. The van der Waals surface area contributed by atoms with Gasteiger partial charge in [-0.05, 0) is 6.92 Å². The van der Waals surface area contributed by atoms with Crippen LogP contribution in [0.5, 0.6) is 0 Å². The highest BCUT2D eigenvalue weighted by Crippen LogP contribution is 1.75. The third-order valence-electron chi connectivity index (χ3n) is 1.06. The fourth-order valence-corrected chi connectivity index (χ4v) is 0.487. The predicted octanol–water partition coefficient (Wildman–Crippen LogP) is -1.45. The van der Waals surface area contributed by atoms with E-state index in [2.05, 4.69) is 15.8 Å². The second-order valence-corrected chi connectivity index (χ2v) is 2.25. The standard InChI is InChI=1S/C6H13N3O3/c1-4(7)5(10)9-2-3-12-6(8)11/h4H,2-3,7H2,1H3,(H2,8,11)(H,9,10). The first kappa shape index (κ1) is 10.7. The van der Waals surface area contributed by atoms with Crippen LogP contribution in [0, 0.1) is 0 Å². The lowest BCUT2D eigenvalue weighted by Gasteiger charge is -2.06. The number of primary amides is 1. The van der Waals surface area contributed by atoms with Gasteiger partial charge in [-0.1, -0.05) is 0 Å². The van der Waals surface area contributed by atoms with E-state index in [0.29, 0.717) is 0 Å². The van der Waals surface area contributed by atoms with E-state index < -0.39 is 12.1 Å². The van der Waals surface area contributed by atoms with Crippen LogP contribution in [0.4, 0.5) is 4.79 Å². The summed E-state index contributed by atoms with van der Waals surface area (Å²) in [5.41, 5.74) is 9.90. The maximum atomic E-state index is 10.8. The maximum absolute atomic E-state index is 10.8. The lowest BCUT2D eigenvalue weighted by atomic mass is 10.3. The molecule has 0 fully saturated rings. The van der Waals surface area contributed by atoms with Crippen LogP contribution in [0.3, 0.4) is 0 Å². The molecular formula is C6H13N3O3. The first-order chi connectivity index (χ1) is 5.54. The van der Waals surface area contributed by atoms with Crippen molar-refractivity contribution < 1.29 is 14.3 Å². The van der Waals surface area contributed by atoms with Gasteiger partial charge >= 0.3 is 6.09 Å². The topological polar surface area (TPSA) is 107 Å². The highest BCUT2D eigenvalue weighted by atomic mass is 16.5. The minimum Gasteiger partial charge on any atom is -0.448 e. The van der Waals surface area contributed by atoms with Gasteiger partial charge in [-0.3, -0.25) is 4.79 Å². The number of carbonyl (C=O) groups is 2. The Hall–Kier alpha value is -1.30. The molecule has 0 aromatic rings. The van der Waals surface area contributed by atoms with Crippen LogP contribution in [0.25, 0.3) is 0 Å². The number of hydrogen-bond acceptors (Lipinski definition) is 4. The van der Waals surface area contributed by atoms with Crippen LogP contribution in [-0.2, 0) is 9.53 Å². The summed E-state index contributed by atoms with van der Waals surface area (Å²) in [6.45, 7) is 1.85. The summed E-state index contributed by atoms with van der Waals surface area (Å²) >= 11 is 0. The minimum atomic E-state index is -0.856. The van der Waals surface area contributed by atoms with E-state index in [1.165, 1.54) is 0 Å². The number of rotatable bonds is 4. The number of nitrogens with one attached hydrogen (secondary N) is 1. The van der Waals surface area contributed by atoms with E-state index in [-0.39, 0.29) is 19.1 Å². The molecule has 0 saturated heterocycles. The Morgan fingerprint density at radius 1 is 1.58 bits per heavy atom. The second-order valence-electron chi connectivity index (χ2n) is 2.25. The Balaban J connectivity index is 3.32. The summed E-state index contributed by atoms with van der Waals surface area (Å²) < 4.78 is 4.36. The highest BCUT2D eigenvalue weighted by Gasteiger charge is 2.05.